The summed E-state index contributed by atoms with van der Waals surface area (Å²) in [5.41, 5.74) is 1.32. The Bertz CT molecular complexity index is 524. The van der Waals surface area contributed by atoms with E-state index in [-0.39, 0.29) is 0 Å². The second-order valence-corrected chi connectivity index (χ2v) is 9.80. The Kier molecular flexibility index (Phi) is 9.28. The molecule has 1 aromatic rings. The van der Waals surface area contributed by atoms with Gasteiger partial charge >= 0.3 is 0 Å². The molecule has 2 heteroatoms. The third-order valence-corrected chi connectivity index (χ3v) is 7.71. The van der Waals surface area contributed by atoms with Gasteiger partial charge in [-0.1, -0.05) is 84.5 Å². The minimum absolute atomic E-state index is 0.828. The molecule has 0 radical (unpaired) electrons. The number of hydrogen-bond donors (Lipinski definition) is 0. The van der Waals surface area contributed by atoms with E-state index in [0.29, 0.717) is 0 Å². The van der Waals surface area contributed by atoms with Crippen LogP contribution in [0.1, 0.15) is 115 Å². The van der Waals surface area contributed by atoms with Gasteiger partial charge in [0.1, 0.15) is 5.82 Å². The van der Waals surface area contributed by atoms with Crippen molar-refractivity contribution in [3.05, 3.63) is 23.8 Å². The zero-order chi connectivity index (χ0) is 19.6. The number of nitrogens with zero attached hydrogens (tertiary/aromatic N) is 2. The van der Waals surface area contributed by atoms with Crippen molar-refractivity contribution < 1.29 is 0 Å². The Morgan fingerprint density at radius 3 is 2.11 bits per heavy atom. The third kappa shape index (κ3) is 6.56. The van der Waals surface area contributed by atoms with Gasteiger partial charge in [-0.15, -0.1) is 0 Å². The van der Waals surface area contributed by atoms with Crippen LogP contribution in [0.3, 0.4) is 0 Å². The monoisotopic (exact) mass is 384 g/mol. The summed E-state index contributed by atoms with van der Waals surface area (Å²) in [5, 5.41) is 0. The van der Waals surface area contributed by atoms with Gasteiger partial charge in [0.05, 0.1) is 0 Å². The number of aromatic nitrogens is 2. The zero-order valence-corrected chi connectivity index (χ0v) is 18.7. The van der Waals surface area contributed by atoms with E-state index >= 15 is 0 Å². The van der Waals surface area contributed by atoms with Gasteiger partial charge < -0.3 is 0 Å². The molecule has 0 N–H and O–H groups in total. The smallest absolute Gasteiger partial charge is 0.128 e. The SMILES string of the molecule is CCCCc1cnc(CC(C2CCCCC2)C2CCC(CCCC)CC2)nc1. The Morgan fingerprint density at radius 1 is 0.821 bits per heavy atom. The summed E-state index contributed by atoms with van der Waals surface area (Å²) in [6.45, 7) is 4.58. The van der Waals surface area contributed by atoms with Crippen LogP contribution in [0.25, 0.3) is 0 Å². The normalized spacial score (nSPS) is 24.9. The highest BCUT2D eigenvalue weighted by molar-refractivity contribution is 5.06. The maximum atomic E-state index is 4.81. The van der Waals surface area contributed by atoms with Gasteiger partial charge in [0.25, 0.3) is 0 Å². The second kappa shape index (κ2) is 11.9. The number of unbranched alkanes of at least 4 members (excludes halogenated alkanes) is 2. The number of aryl methyl sites for hydroxylation is 1. The molecular formula is C26H44N2. The summed E-state index contributed by atoms with van der Waals surface area (Å²) in [4.78, 5) is 9.61. The second-order valence-electron chi connectivity index (χ2n) is 9.80. The predicted molar refractivity (Wildman–Crippen MR) is 119 cm³/mol. The van der Waals surface area contributed by atoms with E-state index in [1.54, 1.807) is 0 Å². The average molecular weight is 385 g/mol. The first-order valence-corrected chi connectivity index (χ1v) is 12.6. The first kappa shape index (κ1) is 21.8. The van der Waals surface area contributed by atoms with Crippen LogP contribution in [0, 0.1) is 23.7 Å². The molecule has 1 aromatic heterocycles. The van der Waals surface area contributed by atoms with Gasteiger partial charge in [-0.2, -0.15) is 0 Å². The Morgan fingerprint density at radius 2 is 1.46 bits per heavy atom. The minimum Gasteiger partial charge on any atom is -0.241 e. The first-order chi connectivity index (χ1) is 13.8. The summed E-state index contributed by atoms with van der Waals surface area (Å²) < 4.78 is 0. The quantitative estimate of drug-likeness (QED) is 0.416. The van der Waals surface area contributed by atoms with E-state index in [9.17, 15) is 0 Å². The molecule has 0 aliphatic heterocycles. The molecule has 1 atom stereocenters. The van der Waals surface area contributed by atoms with Crippen LogP contribution in [0.2, 0.25) is 0 Å². The van der Waals surface area contributed by atoms with E-state index in [1.165, 1.54) is 95.5 Å². The fourth-order valence-corrected chi connectivity index (χ4v) is 5.89. The lowest BCUT2D eigenvalue weighted by Gasteiger charge is -2.39. The molecule has 2 aliphatic rings. The van der Waals surface area contributed by atoms with Crippen molar-refractivity contribution in [1.29, 1.82) is 0 Å². The lowest BCUT2D eigenvalue weighted by molar-refractivity contribution is 0.121. The molecule has 2 nitrogen and oxygen atoms in total. The van der Waals surface area contributed by atoms with Crippen molar-refractivity contribution in [2.24, 2.45) is 23.7 Å². The molecule has 0 spiro atoms. The molecule has 3 rings (SSSR count). The molecule has 158 valence electrons. The van der Waals surface area contributed by atoms with E-state index in [1.807, 2.05) is 0 Å². The van der Waals surface area contributed by atoms with Crippen LogP contribution >= 0.6 is 0 Å². The Hall–Kier alpha value is -0.920. The Labute approximate surface area is 174 Å². The predicted octanol–water partition coefficient (Wildman–Crippen LogP) is 7.55. The maximum Gasteiger partial charge on any atom is 0.128 e. The molecule has 0 bridgehead atoms. The maximum absolute atomic E-state index is 4.81. The van der Waals surface area contributed by atoms with Crippen LogP contribution in [-0.4, -0.2) is 9.97 Å². The molecule has 2 fully saturated rings. The largest absolute Gasteiger partial charge is 0.241 e. The molecular weight excluding hydrogens is 340 g/mol. The van der Waals surface area contributed by atoms with Crippen molar-refractivity contribution in [3.63, 3.8) is 0 Å². The topological polar surface area (TPSA) is 25.8 Å². The molecule has 0 aromatic carbocycles. The fraction of sp³-hybridized carbons (Fsp3) is 0.846. The lowest BCUT2D eigenvalue weighted by Crippen LogP contribution is -2.31. The number of rotatable bonds is 10. The highest BCUT2D eigenvalue weighted by Gasteiger charge is 2.33. The highest BCUT2D eigenvalue weighted by Crippen LogP contribution is 2.43. The third-order valence-electron chi connectivity index (χ3n) is 7.71. The van der Waals surface area contributed by atoms with Gasteiger partial charge in [0.15, 0.2) is 0 Å². The van der Waals surface area contributed by atoms with Gasteiger partial charge in [-0.05, 0) is 54.9 Å². The van der Waals surface area contributed by atoms with E-state index in [2.05, 4.69) is 26.2 Å². The fourth-order valence-electron chi connectivity index (χ4n) is 5.89. The van der Waals surface area contributed by atoms with E-state index in [0.717, 1.165) is 42.3 Å². The van der Waals surface area contributed by atoms with E-state index < -0.39 is 0 Å². The van der Waals surface area contributed by atoms with Crippen molar-refractivity contribution >= 4 is 0 Å². The van der Waals surface area contributed by atoms with Gasteiger partial charge in [0, 0.05) is 18.8 Å². The lowest BCUT2D eigenvalue weighted by atomic mass is 9.66. The standard InChI is InChI=1S/C26H44N2/c1-3-5-10-21-14-16-24(17-15-21)25(23-12-8-7-9-13-23)18-26-27-19-22(20-28-26)11-6-4-2/h19-21,23-25H,3-18H2,1-2H3. The van der Waals surface area contributed by atoms with E-state index in [4.69, 9.17) is 9.97 Å². The number of hydrogen-bond acceptors (Lipinski definition) is 2. The minimum atomic E-state index is 0.828. The highest BCUT2D eigenvalue weighted by atomic mass is 14.9. The average Bonchev–Trinajstić information content (AvgIpc) is 2.76. The van der Waals surface area contributed by atoms with Crippen molar-refractivity contribution in [2.75, 3.05) is 0 Å². The van der Waals surface area contributed by atoms with Crippen LogP contribution < -0.4 is 0 Å². The molecule has 28 heavy (non-hydrogen) atoms. The zero-order valence-electron chi connectivity index (χ0n) is 18.7. The summed E-state index contributed by atoms with van der Waals surface area (Å²) in [6, 6.07) is 0. The van der Waals surface area contributed by atoms with Crippen molar-refractivity contribution in [3.8, 4) is 0 Å². The van der Waals surface area contributed by atoms with Crippen LogP contribution in [0.5, 0.6) is 0 Å². The molecule has 2 saturated carbocycles. The molecule has 1 unspecified atom stereocenters. The van der Waals surface area contributed by atoms with Crippen LogP contribution in [0.15, 0.2) is 12.4 Å². The van der Waals surface area contributed by atoms with Crippen molar-refractivity contribution in [1.82, 2.24) is 9.97 Å². The van der Waals surface area contributed by atoms with Gasteiger partial charge in [-0.25, -0.2) is 9.97 Å². The molecule has 0 amide bonds. The summed E-state index contributed by atoms with van der Waals surface area (Å²) in [6.07, 6.45) is 26.4. The van der Waals surface area contributed by atoms with Gasteiger partial charge in [-0.3, -0.25) is 0 Å². The first-order valence-electron chi connectivity index (χ1n) is 12.6. The summed E-state index contributed by atoms with van der Waals surface area (Å²) in [7, 11) is 0. The molecule has 0 saturated heterocycles. The van der Waals surface area contributed by atoms with Crippen LogP contribution in [-0.2, 0) is 12.8 Å². The van der Waals surface area contributed by atoms with Gasteiger partial charge in [0.2, 0.25) is 0 Å². The van der Waals surface area contributed by atoms with Crippen LogP contribution in [0.4, 0.5) is 0 Å². The Balaban J connectivity index is 1.61. The summed E-state index contributed by atoms with van der Waals surface area (Å²) in [5.74, 6) is 4.80. The summed E-state index contributed by atoms with van der Waals surface area (Å²) >= 11 is 0. The molecule has 2 aliphatic carbocycles. The van der Waals surface area contributed by atoms with Crippen molar-refractivity contribution in [2.45, 2.75) is 117 Å². The molecule has 1 heterocycles.